The van der Waals surface area contributed by atoms with Crippen LogP contribution in [-0.2, 0) is 4.87 Å². The van der Waals surface area contributed by atoms with Gasteiger partial charge in [-0.3, -0.25) is 4.79 Å². The number of halogens is 1. The number of benzene rings is 1. The summed E-state index contributed by atoms with van der Waals surface area (Å²) in [6.45, 7) is 1.87. The summed E-state index contributed by atoms with van der Waals surface area (Å²) in [6.07, 6.45) is 2.04. The predicted molar refractivity (Wildman–Crippen MR) is 68.5 cm³/mol. The van der Waals surface area contributed by atoms with E-state index in [0.29, 0.717) is 17.7 Å². The van der Waals surface area contributed by atoms with Crippen molar-refractivity contribution < 1.29 is 4.79 Å². The highest BCUT2D eigenvalue weighted by Gasteiger charge is 2.39. The van der Waals surface area contributed by atoms with Crippen molar-refractivity contribution in [3.8, 4) is 0 Å². The highest BCUT2D eigenvalue weighted by atomic mass is 35.5. The average molecular weight is 267 g/mol. The first-order chi connectivity index (χ1) is 8.18. The molecule has 2 aromatic rings. The molecule has 0 N–H and O–H groups in total. The number of nitrogens with zero attached hydrogens (tertiary/aromatic N) is 2. The van der Waals surface area contributed by atoms with Gasteiger partial charge in [0, 0.05) is 5.56 Å². The number of carbonyl (C=O) groups excluding carboxylic acids is 1. The minimum atomic E-state index is -1.10. The van der Waals surface area contributed by atoms with Crippen LogP contribution in [0.5, 0.6) is 0 Å². The maximum Gasteiger partial charge on any atom is 0.189 e. The van der Waals surface area contributed by atoms with Gasteiger partial charge in [-0.25, -0.2) is 0 Å². The number of Topliss-reactive ketones (excluding diaryl/α,β-unsaturated/α-hetero) is 1. The van der Waals surface area contributed by atoms with Crippen LogP contribution in [-0.4, -0.2) is 14.5 Å². The van der Waals surface area contributed by atoms with Crippen LogP contribution in [0.1, 0.15) is 29.4 Å². The number of aromatic nitrogens is 2. The lowest BCUT2D eigenvalue weighted by Crippen LogP contribution is -2.29. The van der Waals surface area contributed by atoms with Crippen molar-refractivity contribution in [2.75, 3.05) is 0 Å². The molecule has 1 heterocycles. The van der Waals surface area contributed by atoms with Gasteiger partial charge in [-0.2, -0.15) is 8.75 Å². The number of alkyl halides is 1. The van der Waals surface area contributed by atoms with Gasteiger partial charge >= 0.3 is 0 Å². The van der Waals surface area contributed by atoms with Gasteiger partial charge in [0.15, 0.2) is 10.7 Å². The zero-order valence-corrected chi connectivity index (χ0v) is 10.8. The molecule has 0 spiro atoms. The van der Waals surface area contributed by atoms with E-state index in [1.807, 2.05) is 25.1 Å². The molecule has 0 amide bonds. The van der Waals surface area contributed by atoms with Crippen LogP contribution in [0, 0.1) is 0 Å². The Morgan fingerprint density at radius 1 is 1.41 bits per heavy atom. The van der Waals surface area contributed by atoms with Crippen LogP contribution < -0.4 is 0 Å². The van der Waals surface area contributed by atoms with Crippen molar-refractivity contribution in [2.45, 2.75) is 18.2 Å². The summed E-state index contributed by atoms with van der Waals surface area (Å²) < 4.78 is 7.99. The number of hydrogen-bond donors (Lipinski definition) is 0. The Hall–Kier alpha value is -1.26. The lowest BCUT2D eigenvalue weighted by Gasteiger charge is -2.21. The first-order valence-corrected chi connectivity index (χ1v) is 6.36. The summed E-state index contributed by atoms with van der Waals surface area (Å²) in [6, 6.07) is 9.02. The fraction of sp³-hybridized carbons (Fsp3) is 0.250. The van der Waals surface area contributed by atoms with E-state index in [1.54, 1.807) is 18.3 Å². The highest BCUT2D eigenvalue weighted by Crippen LogP contribution is 2.35. The summed E-state index contributed by atoms with van der Waals surface area (Å²) >= 11 is 7.49. The molecule has 5 heteroatoms. The van der Waals surface area contributed by atoms with Crippen LogP contribution >= 0.6 is 23.3 Å². The molecule has 2 rings (SSSR count). The summed E-state index contributed by atoms with van der Waals surface area (Å²) in [7, 11) is 0. The van der Waals surface area contributed by atoms with Gasteiger partial charge in [-0.05, 0) is 6.42 Å². The highest BCUT2D eigenvalue weighted by molar-refractivity contribution is 6.99. The largest absolute Gasteiger partial charge is 0.292 e. The minimum absolute atomic E-state index is 0.130. The molecule has 17 heavy (non-hydrogen) atoms. The van der Waals surface area contributed by atoms with E-state index in [4.69, 9.17) is 11.6 Å². The molecule has 0 fully saturated rings. The van der Waals surface area contributed by atoms with Gasteiger partial charge in [-0.15, -0.1) is 11.6 Å². The van der Waals surface area contributed by atoms with Gasteiger partial charge in [0.2, 0.25) is 0 Å². The number of ketones is 1. The van der Waals surface area contributed by atoms with E-state index in [-0.39, 0.29) is 5.78 Å². The first-order valence-electron chi connectivity index (χ1n) is 5.25. The van der Waals surface area contributed by atoms with E-state index >= 15 is 0 Å². The second-order valence-corrected chi connectivity index (χ2v) is 4.84. The molecule has 3 nitrogen and oxygen atoms in total. The molecule has 0 aliphatic heterocycles. The number of hydrogen-bond acceptors (Lipinski definition) is 4. The van der Waals surface area contributed by atoms with Crippen molar-refractivity contribution in [2.24, 2.45) is 0 Å². The Bertz CT molecular complexity index is 500. The molecule has 0 aliphatic rings. The summed E-state index contributed by atoms with van der Waals surface area (Å²) in [4.78, 5) is 11.3. The van der Waals surface area contributed by atoms with E-state index in [9.17, 15) is 4.79 Å². The normalized spacial score (nSPS) is 14.2. The van der Waals surface area contributed by atoms with E-state index < -0.39 is 4.87 Å². The SMILES string of the molecule is CCC(Cl)(C(=O)c1ccccc1)c1cnsn1. The van der Waals surface area contributed by atoms with Gasteiger partial charge in [-0.1, -0.05) is 37.3 Å². The van der Waals surface area contributed by atoms with E-state index in [1.165, 1.54) is 0 Å². The first kappa shape index (κ1) is 12.2. The van der Waals surface area contributed by atoms with Crippen molar-refractivity contribution >= 4 is 29.1 Å². The molecule has 0 radical (unpaired) electrons. The van der Waals surface area contributed by atoms with E-state index in [0.717, 1.165) is 11.7 Å². The zero-order valence-electron chi connectivity index (χ0n) is 9.26. The standard InChI is InChI=1S/C12H11ClN2OS/c1-2-12(13,10-8-14-17-15-10)11(16)9-6-4-3-5-7-9/h3-8H,2H2,1H3. The predicted octanol–water partition coefficient (Wildman–Crippen LogP) is 3.27. The van der Waals surface area contributed by atoms with Gasteiger partial charge in [0.05, 0.1) is 17.9 Å². The topological polar surface area (TPSA) is 42.9 Å². The van der Waals surface area contributed by atoms with Crippen LogP contribution in [0.3, 0.4) is 0 Å². The molecule has 1 aromatic carbocycles. The summed E-state index contributed by atoms with van der Waals surface area (Å²) in [5, 5.41) is 0. The Morgan fingerprint density at radius 2 is 2.12 bits per heavy atom. The molecule has 88 valence electrons. The summed E-state index contributed by atoms with van der Waals surface area (Å²) in [5.74, 6) is -0.130. The Morgan fingerprint density at radius 3 is 2.65 bits per heavy atom. The third-order valence-corrected chi connectivity index (χ3v) is 3.76. The van der Waals surface area contributed by atoms with Crippen LogP contribution in [0.15, 0.2) is 36.5 Å². The Kier molecular flexibility index (Phi) is 3.54. The average Bonchev–Trinajstić information content (AvgIpc) is 2.92. The fourth-order valence-corrected chi connectivity index (χ4v) is 2.35. The molecular weight excluding hydrogens is 256 g/mol. The molecule has 0 bridgehead atoms. The number of carbonyl (C=O) groups is 1. The number of rotatable bonds is 4. The van der Waals surface area contributed by atoms with Gasteiger partial charge in [0.25, 0.3) is 0 Å². The molecular formula is C12H11ClN2OS. The Balaban J connectivity index is 2.40. The van der Waals surface area contributed by atoms with Crippen molar-refractivity contribution in [3.05, 3.63) is 47.8 Å². The Labute approximate surface area is 109 Å². The molecule has 1 unspecified atom stereocenters. The lowest BCUT2D eigenvalue weighted by atomic mass is 9.92. The van der Waals surface area contributed by atoms with Crippen LogP contribution in [0.2, 0.25) is 0 Å². The van der Waals surface area contributed by atoms with E-state index in [2.05, 4.69) is 8.75 Å². The maximum atomic E-state index is 12.4. The second kappa shape index (κ2) is 4.94. The third kappa shape index (κ3) is 2.23. The minimum Gasteiger partial charge on any atom is -0.292 e. The molecule has 0 saturated heterocycles. The fourth-order valence-electron chi connectivity index (χ4n) is 1.62. The molecule has 0 aliphatic carbocycles. The van der Waals surface area contributed by atoms with Crippen molar-refractivity contribution in [3.63, 3.8) is 0 Å². The molecule has 1 atom stereocenters. The maximum absolute atomic E-state index is 12.4. The zero-order chi connectivity index (χ0) is 12.3. The van der Waals surface area contributed by atoms with Crippen molar-refractivity contribution in [1.82, 2.24) is 8.75 Å². The van der Waals surface area contributed by atoms with Gasteiger partial charge in [0.1, 0.15) is 5.69 Å². The smallest absolute Gasteiger partial charge is 0.189 e. The summed E-state index contributed by atoms with van der Waals surface area (Å²) in [5.41, 5.74) is 1.12. The van der Waals surface area contributed by atoms with Crippen molar-refractivity contribution in [1.29, 1.82) is 0 Å². The van der Waals surface area contributed by atoms with Crippen LogP contribution in [0.4, 0.5) is 0 Å². The van der Waals surface area contributed by atoms with Gasteiger partial charge < -0.3 is 0 Å². The molecule has 1 aromatic heterocycles. The quantitative estimate of drug-likeness (QED) is 0.630. The van der Waals surface area contributed by atoms with Crippen LogP contribution in [0.25, 0.3) is 0 Å². The third-order valence-electron chi connectivity index (χ3n) is 2.65. The second-order valence-electron chi connectivity index (χ2n) is 3.64. The monoisotopic (exact) mass is 266 g/mol. The molecule has 0 saturated carbocycles. The lowest BCUT2D eigenvalue weighted by molar-refractivity contribution is 0.0933.